The van der Waals surface area contributed by atoms with Crippen LogP contribution >= 0.6 is 0 Å². The van der Waals surface area contributed by atoms with E-state index in [1.807, 2.05) is 0 Å². The van der Waals surface area contributed by atoms with E-state index in [1.165, 1.54) is 10.9 Å². The van der Waals surface area contributed by atoms with E-state index in [0.29, 0.717) is 0 Å². The number of hydrogen-bond donors (Lipinski definition) is 1. The molecule has 0 radical (unpaired) electrons. The van der Waals surface area contributed by atoms with Crippen molar-refractivity contribution in [2.75, 3.05) is 32.5 Å². The number of hydrogen-bond acceptors (Lipinski definition) is 4. The predicted molar refractivity (Wildman–Crippen MR) is 118 cm³/mol. The number of aryl methyl sites for hydroxylation is 2. The minimum atomic E-state index is 0.772. The summed E-state index contributed by atoms with van der Waals surface area (Å²) in [6.45, 7) is 4.04. The quantitative estimate of drug-likeness (QED) is 0.507. The Morgan fingerprint density at radius 2 is 1.79 bits per heavy atom. The summed E-state index contributed by atoms with van der Waals surface area (Å²) in [4.78, 5) is 12.1. The molecule has 0 spiro atoms. The standard InChI is InChI=1S/C23H27N5/c1-16-9-7-11-18-21(16)25-23(26-22(18)24-13-8-14-27(2)3)19-15-28(4)20-12-6-5-10-17(19)20/h5-7,9-12,15H,8,13-14H2,1-4H3,(H,24,25,26). The molecule has 144 valence electrons. The molecule has 0 fully saturated rings. The molecule has 1 N–H and O–H groups in total. The summed E-state index contributed by atoms with van der Waals surface area (Å²) in [6, 6.07) is 14.7. The molecule has 28 heavy (non-hydrogen) atoms. The Morgan fingerprint density at radius 3 is 2.61 bits per heavy atom. The van der Waals surface area contributed by atoms with Crippen LogP contribution in [0.15, 0.2) is 48.7 Å². The van der Waals surface area contributed by atoms with Crippen molar-refractivity contribution in [1.29, 1.82) is 0 Å². The zero-order valence-electron chi connectivity index (χ0n) is 17.0. The zero-order chi connectivity index (χ0) is 19.7. The van der Waals surface area contributed by atoms with E-state index in [4.69, 9.17) is 9.97 Å². The van der Waals surface area contributed by atoms with Crippen molar-refractivity contribution in [1.82, 2.24) is 19.4 Å². The SMILES string of the molecule is Cc1cccc2c(NCCCN(C)C)nc(-c3cn(C)c4ccccc34)nc12. The van der Waals surface area contributed by atoms with Crippen molar-refractivity contribution in [2.45, 2.75) is 13.3 Å². The van der Waals surface area contributed by atoms with Gasteiger partial charge in [-0.15, -0.1) is 0 Å². The van der Waals surface area contributed by atoms with Gasteiger partial charge in [0.2, 0.25) is 0 Å². The Morgan fingerprint density at radius 1 is 1.00 bits per heavy atom. The largest absolute Gasteiger partial charge is 0.369 e. The van der Waals surface area contributed by atoms with E-state index >= 15 is 0 Å². The van der Waals surface area contributed by atoms with Crippen LogP contribution in [0, 0.1) is 6.92 Å². The van der Waals surface area contributed by atoms with Gasteiger partial charge in [0, 0.05) is 41.6 Å². The highest BCUT2D eigenvalue weighted by atomic mass is 15.1. The van der Waals surface area contributed by atoms with Gasteiger partial charge < -0.3 is 14.8 Å². The summed E-state index contributed by atoms with van der Waals surface area (Å²) in [7, 11) is 6.27. The monoisotopic (exact) mass is 373 g/mol. The predicted octanol–water partition coefficient (Wildman–Crippen LogP) is 4.46. The molecule has 2 aromatic carbocycles. The Hall–Kier alpha value is -2.92. The maximum absolute atomic E-state index is 4.95. The van der Waals surface area contributed by atoms with Crippen LogP contribution in [-0.2, 0) is 7.05 Å². The van der Waals surface area contributed by atoms with Crippen molar-refractivity contribution in [3.8, 4) is 11.4 Å². The fourth-order valence-electron chi connectivity index (χ4n) is 3.67. The van der Waals surface area contributed by atoms with Crippen molar-refractivity contribution in [3.63, 3.8) is 0 Å². The number of rotatable bonds is 6. The molecule has 0 saturated heterocycles. The van der Waals surface area contributed by atoms with Gasteiger partial charge in [-0.1, -0.05) is 30.3 Å². The van der Waals surface area contributed by atoms with Gasteiger partial charge in [-0.2, -0.15) is 0 Å². The molecule has 2 heterocycles. The van der Waals surface area contributed by atoms with E-state index in [0.717, 1.165) is 53.2 Å². The minimum Gasteiger partial charge on any atom is -0.369 e. The number of para-hydroxylation sites is 2. The number of anilines is 1. The lowest BCUT2D eigenvalue weighted by Gasteiger charge is -2.13. The molecule has 2 aromatic heterocycles. The first kappa shape index (κ1) is 18.4. The number of fused-ring (bicyclic) bond motifs is 2. The fourth-order valence-corrected chi connectivity index (χ4v) is 3.67. The van der Waals surface area contributed by atoms with E-state index in [9.17, 15) is 0 Å². The first-order valence-corrected chi connectivity index (χ1v) is 9.75. The van der Waals surface area contributed by atoms with E-state index < -0.39 is 0 Å². The molecule has 5 nitrogen and oxygen atoms in total. The van der Waals surface area contributed by atoms with Crippen molar-refractivity contribution < 1.29 is 0 Å². The van der Waals surface area contributed by atoms with Gasteiger partial charge in [-0.25, -0.2) is 9.97 Å². The lowest BCUT2D eigenvalue weighted by Crippen LogP contribution is -2.17. The Kier molecular flexibility index (Phi) is 5.01. The molecular weight excluding hydrogens is 346 g/mol. The van der Waals surface area contributed by atoms with Crippen molar-refractivity contribution >= 4 is 27.6 Å². The first-order valence-electron chi connectivity index (χ1n) is 9.75. The Labute approximate surface area is 166 Å². The summed E-state index contributed by atoms with van der Waals surface area (Å²) in [6.07, 6.45) is 3.19. The van der Waals surface area contributed by atoms with Crippen LogP contribution in [0.5, 0.6) is 0 Å². The molecule has 4 rings (SSSR count). The molecule has 0 aliphatic heterocycles. The molecule has 5 heteroatoms. The third kappa shape index (κ3) is 3.45. The van der Waals surface area contributed by atoms with Crippen LogP contribution in [0.3, 0.4) is 0 Å². The van der Waals surface area contributed by atoms with Gasteiger partial charge in [-0.05, 0) is 51.7 Å². The molecule has 0 atom stereocenters. The molecule has 0 unspecified atom stereocenters. The summed E-state index contributed by atoms with van der Waals surface area (Å²) in [5.74, 6) is 1.68. The second-order valence-corrected chi connectivity index (χ2v) is 7.62. The van der Waals surface area contributed by atoms with Gasteiger partial charge in [-0.3, -0.25) is 0 Å². The highest BCUT2D eigenvalue weighted by Gasteiger charge is 2.15. The van der Waals surface area contributed by atoms with Crippen molar-refractivity contribution in [3.05, 3.63) is 54.2 Å². The van der Waals surface area contributed by atoms with E-state index in [2.05, 4.69) is 91.5 Å². The van der Waals surface area contributed by atoms with Gasteiger partial charge in [0.1, 0.15) is 5.82 Å². The van der Waals surface area contributed by atoms with Gasteiger partial charge >= 0.3 is 0 Å². The first-order chi connectivity index (χ1) is 13.5. The zero-order valence-corrected chi connectivity index (χ0v) is 17.0. The van der Waals surface area contributed by atoms with Crippen LogP contribution in [0.25, 0.3) is 33.2 Å². The van der Waals surface area contributed by atoms with E-state index in [-0.39, 0.29) is 0 Å². The molecule has 0 bridgehead atoms. The lowest BCUT2D eigenvalue weighted by molar-refractivity contribution is 0.405. The average molecular weight is 374 g/mol. The number of nitrogens with one attached hydrogen (secondary N) is 1. The summed E-state index contributed by atoms with van der Waals surface area (Å²) >= 11 is 0. The Balaban J connectivity index is 1.81. The number of nitrogens with zero attached hydrogens (tertiary/aromatic N) is 4. The van der Waals surface area contributed by atoms with Crippen LogP contribution < -0.4 is 5.32 Å². The average Bonchev–Trinajstić information content (AvgIpc) is 3.02. The second kappa shape index (κ2) is 7.60. The molecule has 4 aromatic rings. The van der Waals surface area contributed by atoms with Crippen LogP contribution in [0.4, 0.5) is 5.82 Å². The smallest absolute Gasteiger partial charge is 0.164 e. The summed E-state index contributed by atoms with van der Waals surface area (Å²) in [5.41, 5.74) is 4.43. The van der Waals surface area contributed by atoms with Crippen LogP contribution in [0.1, 0.15) is 12.0 Å². The summed E-state index contributed by atoms with van der Waals surface area (Å²) in [5, 5.41) is 5.81. The molecule has 0 saturated carbocycles. The van der Waals surface area contributed by atoms with Gasteiger partial charge in [0.25, 0.3) is 0 Å². The molecular formula is C23H27N5. The molecule has 0 amide bonds. The van der Waals surface area contributed by atoms with Crippen LogP contribution in [-0.4, -0.2) is 46.6 Å². The number of aromatic nitrogens is 3. The maximum atomic E-state index is 4.95. The lowest BCUT2D eigenvalue weighted by atomic mass is 10.1. The highest BCUT2D eigenvalue weighted by Crippen LogP contribution is 2.31. The van der Waals surface area contributed by atoms with Gasteiger partial charge in [0.15, 0.2) is 5.82 Å². The third-order valence-corrected chi connectivity index (χ3v) is 5.14. The van der Waals surface area contributed by atoms with Crippen molar-refractivity contribution in [2.24, 2.45) is 7.05 Å². The highest BCUT2D eigenvalue weighted by molar-refractivity contribution is 5.97. The fraction of sp³-hybridized carbons (Fsp3) is 0.304. The maximum Gasteiger partial charge on any atom is 0.164 e. The topological polar surface area (TPSA) is 46.0 Å². The number of benzene rings is 2. The van der Waals surface area contributed by atoms with Crippen LogP contribution in [0.2, 0.25) is 0 Å². The van der Waals surface area contributed by atoms with E-state index in [1.54, 1.807) is 0 Å². The molecule has 0 aliphatic carbocycles. The summed E-state index contributed by atoms with van der Waals surface area (Å²) < 4.78 is 2.14. The minimum absolute atomic E-state index is 0.772. The second-order valence-electron chi connectivity index (χ2n) is 7.62. The van der Waals surface area contributed by atoms with Gasteiger partial charge in [0.05, 0.1) is 5.52 Å². The third-order valence-electron chi connectivity index (χ3n) is 5.14. The normalized spacial score (nSPS) is 11.6. The Bertz CT molecular complexity index is 1130. The molecule has 0 aliphatic rings.